The second-order valence-corrected chi connectivity index (χ2v) is 7.77. The molecule has 1 fully saturated rings. The third kappa shape index (κ3) is 4.58. The van der Waals surface area contributed by atoms with Gasteiger partial charge in [0.05, 0.1) is 11.4 Å². The molecule has 0 aliphatic carbocycles. The molecule has 5 nitrogen and oxygen atoms in total. The lowest BCUT2D eigenvalue weighted by Crippen LogP contribution is -2.45. The number of para-hydroxylation sites is 2. The topological polar surface area (TPSA) is 61.8 Å². The van der Waals surface area contributed by atoms with Crippen LogP contribution in [-0.4, -0.2) is 22.2 Å². The molecule has 1 N–H and O–H groups in total. The maximum atomic E-state index is 13.1. The largest absolute Gasteiger partial charge is 0.325 e. The Kier molecular flexibility index (Phi) is 5.90. The van der Waals surface area contributed by atoms with Crippen LogP contribution in [0.15, 0.2) is 89.9 Å². The fourth-order valence-electron chi connectivity index (χ4n) is 3.00. The van der Waals surface area contributed by atoms with E-state index >= 15 is 0 Å². The maximum absolute atomic E-state index is 13.1. The number of amides is 2. The molecular weight excluding hydrogens is 401 g/mol. The van der Waals surface area contributed by atoms with Crippen molar-refractivity contribution in [1.29, 1.82) is 0 Å². The Morgan fingerprint density at radius 1 is 0.967 bits per heavy atom. The molecule has 1 aliphatic rings. The van der Waals surface area contributed by atoms with Crippen LogP contribution in [0, 0.1) is 5.82 Å². The van der Waals surface area contributed by atoms with Gasteiger partial charge in [-0.1, -0.05) is 48.2 Å². The highest BCUT2D eigenvalue weighted by atomic mass is 32.2. The summed E-state index contributed by atoms with van der Waals surface area (Å²) in [6, 6.07) is 24.0. The fraction of sp³-hybridized carbons (Fsp3) is 0.0870. The standard InChI is InChI=1S/C23H18FN3O2S/c24-16-11-13-18(14-12-16)25-22(29)20-15-21(28)27(19-9-5-2-6-10-19)23(30-20)26-17-7-3-1-4-8-17/h1-14,20H,15H2,(H,25,29). The number of nitrogens with zero attached hydrogens (tertiary/aromatic N) is 2. The molecule has 3 aromatic rings. The molecule has 1 heterocycles. The molecule has 0 radical (unpaired) electrons. The molecule has 30 heavy (non-hydrogen) atoms. The van der Waals surface area contributed by atoms with Crippen molar-refractivity contribution in [3.8, 4) is 0 Å². The molecule has 3 aromatic carbocycles. The molecule has 0 spiro atoms. The van der Waals surface area contributed by atoms with Crippen LogP contribution in [0.4, 0.5) is 21.5 Å². The van der Waals surface area contributed by atoms with Crippen molar-refractivity contribution < 1.29 is 14.0 Å². The molecule has 0 saturated carbocycles. The number of amidine groups is 1. The number of rotatable bonds is 4. The highest BCUT2D eigenvalue weighted by Crippen LogP contribution is 2.33. The van der Waals surface area contributed by atoms with Gasteiger partial charge in [-0.05, 0) is 48.5 Å². The number of carbonyl (C=O) groups is 2. The predicted octanol–water partition coefficient (Wildman–Crippen LogP) is 4.99. The summed E-state index contributed by atoms with van der Waals surface area (Å²) in [4.78, 5) is 32.0. The second-order valence-electron chi connectivity index (χ2n) is 6.60. The minimum absolute atomic E-state index is 0.0282. The zero-order valence-corrected chi connectivity index (χ0v) is 16.7. The van der Waals surface area contributed by atoms with E-state index in [9.17, 15) is 14.0 Å². The van der Waals surface area contributed by atoms with Gasteiger partial charge in [0.1, 0.15) is 11.1 Å². The van der Waals surface area contributed by atoms with Crippen molar-refractivity contribution in [2.75, 3.05) is 10.2 Å². The first-order valence-corrected chi connectivity index (χ1v) is 10.2. The van der Waals surface area contributed by atoms with Crippen LogP contribution in [0.1, 0.15) is 6.42 Å². The summed E-state index contributed by atoms with van der Waals surface area (Å²) in [5.41, 5.74) is 1.86. The van der Waals surface area contributed by atoms with Gasteiger partial charge in [0.15, 0.2) is 5.17 Å². The lowest BCUT2D eigenvalue weighted by atomic mass is 10.2. The fourth-order valence-corrected chi connectivity index (χ4v) is 4.12. The van der Waals surface area contributed by atoms with Crippen molar-refractivity contribution in [2.45, 2.75) is 11.7 Å². The molecule has 1 unspecified atom stereocenters. The summed E-state index contributed by atoms with van der Waals surface area (Å²) in [6.07, 6.45) is 0.0282. The van der Waals surface area contributed by atoms with Crippen LogP contribution in [0.25, 0.3) is 0 Å². The van der Waals surface area contributed by atoms with E-state index in [4.69, 9.17) is 0 Å². The SMILES string of the molecule is O=C(Nc1ccc(F)cc1)C1CC(=O)N(c2ccccc2)C(=Nc2ccccc2)S1. The van der Waals surface area contributed by atoms with E-state index in [1.807, 2.05) is 60.7 Å². The van der Waals surface area contributed by atoms with Gasteiger partial charge in [-0.3, -0.25) is 14.5 Å². The number of thioether (sulfide) groups is 1. The lowest BCUT2D eigenvalue weighted by Gasteiger charge is -2.31. The quantitative estimate of drug-likeness (QED) is 0.648. The Hall–Kier alpha value is -3.45. The van der Waals surface area contributed by atoms with Crippen LogP contribution >= 0.6 is 11.8 Å². The minimum atomic E-state index is -0.648. The number of anilines is 2. The Morgan fingerprint density at radius 2 is 1.60 bits per heavy atom. The highest BCUT2D eigenvalue weighted by Gasteiger charge is 2.36. The molecule has 2 amide bonds. The first-order chi connectivity index (χ1) is 14.6. The zero-order chi connectivity index (χ0) is 20.9. The first-order valence-electron chi connectivity index (χ1n) is 9.35. The van der Waals surface area contributed by atoms with Gasteiger partial charge in [-0.2, -0.15) is 0 Å². The lowest BCUT2D eigenvalue weighted by molar-refractivity contribution is -0.121. The molecule has 150 valence electrons. The van der Waals surface area contributed by atoms with Gasteiger partial charge in [-0.15, -0.1) is 0 Å². The average Bonchev–Trinajstić information content (AvgIpc) is 2.76. The molecule has 1 atom stereocenters. The van der Waals surface area contributed by atoms with Crippen LogP contribution in [0.3, 0.4) is 0 Å². The summed E-state index contributed by atoms with van der Waals surface area (Å²) in [6.45, 7) is 0. The molecule has 1 saturated heterocycles. The number of hydrogen-bond donors (Lipinski definition) is 1. The van der Waals surface area contributed by atoms with Gasteiger partial charge >= 0.3 is 0 Å². The van der Waals surface area contributed by atoms with Gasteiger partial charge < -0.3 is 5.32 Å². The van der Waals surface area contributed by atoms with Gasteiger partial charge in [-0.25, -0.2) is 9.38 Å². The van der Waals surface area contributed by atoms with Gasteiger partial charge in [0.2, 0.25) is 11.8 Å². The Morgan fingerprint density at radius 3 is 2.27 bits per heavy atom. The van der Waals surface area contributed by atoms with E-state index in [1.54, 1.807) is 4.90 Å². The Bertz CT molecular complexity index is 1070. The Balaban J connectivity index is 1.62. The minimum Gasteiger partial charge on any atom is -0.325 e. The maximum Gasteiger partial charge on any atom is 0.238 e. The van der Waals surface area contributed by atoms with Crippen LogP contribution in [0.5, 0.6) is 0 Å². The molecule has 0 bridgehead atoms. The summed E-state index contributed by atoms with van der Waals surface area (Å²) >= 11 is 1.23. The summed E-state index contributed by atoms with van der Waals surface area (Å²) in [5.74, 6) is -0.923. The summed E-state index contributed by atoms with van der Waals surface area (Å²) in [5, 5.41) is 2.53. The van der Waals surface area contributed by atoms with Crippen LogP contribution < -0.4 is 10.2 Å². The monoisotopic (exact) mass is 419 g/mol. The zero-order valence-electron chi connectivity index (χ0n) is 15.9. The molecule has 1 aliphatic heterocycles. The van der Waals surface area contributed by atoms with E-state index in [2.05, 4.69) is 10.3 Å². The van der Waals surface area contributed by atoms with E-state index < -0.39 is 5.25 Å². The van der Waals surface area contributed by atoms with E-state index in [0.717, 1.165) is 0 Å². The van der Waals surface area contributed by atoms with Crippen molar-refractivity contribution in [3.63, 3.8) is 0 Å². The average molecular weight is 419 g/mol. The third-order valence-corrected chi connectivity index (χ3v) is 5.60. The molecule has 7 heteroatoms. The number of nitrogens with one attached hydrogen (secondary N) is 1. The van der Waals surface area contributed by atoms with Crippen molar-refractivity contribution >= 4 is 45.8 Å². The van der Waals surface area contributed by atoms with Crippen LogP contribution in [-0.2, 0) is 9.59 Å². The first kappa shape index (κ1) is 19.8. The van der Waals surface area contributed by atoms with Gasteiger partial charge in [0.25, 0.3) is 0 Å². The van der Waals surface area contributed by atoms with Gasteiger partial charge in [0, 0.05) is 12.1 Å². The number of carbonyl (C=O) groups excluding carboxylic acids is 2. The number of aliphatic imine (C=N–C) groups is 1. The van der Waals surface area contributed by atoms with Crippen molar-refractivity contribution in [1.82, 2.24) is 0 Å². The number of benzene rings is 3. The van der Waals surface area contributed by atoms with E-state index in [1.165, 1.54) is 36.0 Å². The normalized spacial score (nSPS) is 17.8. The molecular formula is C23H18FN3O2S. The number of halogens is 1. The third-order valence-electron chi connectivity index (χ3n) is 4.45. The summed E-state index contributed by atoms with van der Waals surface area (Å²) in [7, 11) is 0. The molecule has 4 rings (SSSR count). The van der Waals surface area contributed by atoms with E-state index in [-0.39, 0.29) is 24.1 Å². The molecule has 0 aromatic heterocycles. The summed E-state index contributed by atoms with van der Waals surface area (Å²) < 4.78 is 13.1. The second kappa shape index (κ2) is 8.92. The van der Waals surface area contributed by atoms with Crippen LogP contribution in [0.2, 0.25) is 0 Å². The van der Waals surface area contributed by atoms with Crippen molar-refractivity contribution in [3.05, 3.63) is 90.7 Å². The Labute approximate surface area is 177 Å². The van der Waals surface area contributed by atoms with E-state index in [0.29, 0.717) is 22.2 Å². The van der Waals surface area contributed by atoms with Crippen molar-refractivity contribution in [2.24, 2.45) is 4.99 Å². The smallest absolute Gasteiger partial charge is 0.238 e. The highest BCUT2D eigenvalue weighted by molar-refractivity contribution is 8.15. The number of hydrogen-bond acceptors (Lipinski definition) is 4. The predicted molar refractivity (Wildman–Crippen MR) is 118 cm³/mol.